The van der Waals surface area contributed by atoms with Crippen molar-refractivity contribution >= 4 is 19.8 Å². The van der Waals surface area contributed by atoms with Gasteiger partial charge in [0.15, 0.2) is 6.10 Å². The van der Waals surface area contributed by atoms with E-state index in [1.807, 2.05) is 0 Å². The van der Waals surface area contributed by atoms with E-state index in [9.17, 15) is 19.0 Å². The van der Waals surface area contributed by atoms with E-state index >= 15 is 0 Å². The Morgan fingerprint density at radius 2 is 0.775 bits per heavy atom. The summed E-state index contributed by atoms with van der Waals surface area (Å²) in [6.45, 7) is 3.67. The molecule has 2 unspecified atom stereocenters. The van der Waals surface area contributed by atoms with E-state index in [0.717, 1.165) is 57.8 Å². The molecule has 0 heterocycles. The number of ether oxygens (including phenoxy) is 2. The second kappa shape index (κ2) is 57.3. The van der Waals surface area contributed by atoms with Gasteiger partial charge in [0.1, 0.15) is 6.61 Å². The van der Waals surface area contributed by atoms with E-state index in [0.29, 0.717) is 6.42 Å². The maximum Gasteiger partial charge on any atom is 0.472 e. The topological polar surface area (TPSA) is 134 Å². The van der Waals surface area contributed by atoms with Gasteiger partial charge in [0.2, 0.25) is 0 Å². The number of hydrogen-bond donors (Lipinski definition) is 2. The van der Waals surface area contributed by atoms with E-state index in [4.69, 9.17) is 24.3 Å². The van der Waals surface area contributed by atoms with Gasteiger partial charge in [0.05, 0.1) is 13.2 Å². The number of rotatable bonds is 57. The molecule has 0 saturated heterocycles. The van der Waals surface area contributed by atoms with Crippen LogP contribution in [-0.4, -0.2) is 49.3 Å². The molecule has 0 aliphatic rings. The number of carbonyl (C=O) groups is 2. The van der Waals surface area contributed by atoms with Gasteiger partial charge in [-0.15, -0.1) is 0 Å². The van der Waals surface area contributed by atoms with Crippen LogP contribution in [0.5, 0.6) is 0 Å². The lowest BCUT2D eigenvalue weighted by Gasteiger charge is -2.19. The van der Waals surface area contributed by atoms with Crippen LogP contribution in [0.2, 0.25) is 0 Å². The van der Waals surface area contributed by atoms with Gasteiger partial charge < -0.3 is 20.1 Å². The minimum absolute atomic E-state index is 0.0560. The molecule has 0 aromatic rings. The van der Waals surface area contributed by atoms with Crippen LogP contribution in [0.4, 0.5) is 0 Å². The van der Waals surface area contributed by atoms with Crippen LogP contribution in [0, 0.1) is 0 Å². The van der Waals surface area contributed by atoms with Gasteiger partial charge in [0.25, 0.3) is 0 Å². The number of nitrogens with two attached hydrogens (primary N) is 1. The molecule has 3 N–H and O–H groups in total. The van der Waals surface area contributed by atoms with Crippen LogP contribution in [0.15, 0.2) is 48.6 Å². The first-order valence-corrected chi connectivity index (χ1v) is 31.6. The Kier molecular flexibility index (Phi) is 55.6. The average Bonchev–Trinajstić information content (AvgIpc) is 3.36. The van der Waals surface area contributed by atoms with E-state index in [1.165, 1.54) is 205 Å². The van der Waals surface area contributed by atoms with Gasteiger partial charge in [-0.2, -0.15) is 0 Å². The molecule has 0 aliphatic heterocycles. The zero-order valence-electron chi connectivity index (χ0n) is 46.5. The first-order chi connectivity index (χ1) is 34.8. The highest BCUT2D eigenvalue weighted by molar-refractivity contribution is 7.47. The van der Waals surface area contributed by atoms with Crippen molar-refractivity contribution in [2.24, 2.45) is 5.73 Å². The Bertz CT molecular complexity index is 1300. The summed E-state index contributed by atoms with van der Waals surface area (Å²) in [6.07, 6.45) is 70.5. The lowest BCUT2D eigenvalue weighted by molar-refractivity contribution is -0.161. The maximum absolute atomic E-state index is 12.7. The molecule has 0 aromatic carbocycles. The molecule has 0 rings (SSSR count). The first-order valence-electron chi connectivity index (χ1n) is 30.1. The molecular weight excluding hydrogens is 906 g/mol. The molecular formula is C61H114NO8P. The van der Waals surface area contributed by atoms with Gasteiger partial charge in [-0.1, -0.05) is 281 Å². The second-order valence-corrected chi connectivity index (χ2v) is 21.7. The molecule has 2 atom stereocenters. The van der Waals surface area contributed by atoms with Crippen molar-refractivity contribution in [1.29, 1.82) is 0 Å². The average molecular weight is 1020 g/mol. The largest absolute Gasteiger partial charge is 0.472 e. The summed E-state index contributed by atoms with van der Waals surface area (Å²) >= 11 is 0. The Morgan fingerprint density at radius 1 is 0.437 bits per heavy atom. The van der Waals surface area contributed by atoms with Crippen LogP contribution in [0.3, 0.4) is 0 Å². The predicted molar refractivity (Wildman–Crippen MR) is 303 cm³/mol. The van der Waals surface area contributed by atoms with Crippen molar-refractivity contribution in [1.82, 2.24) is 0 Å². The quantitative estimate of drug-likeness (QED) is 0.0264. The SMILES string of the molecule is CC/C=C\C/C=C\C/C=C\C/C=C\CCCCCCCCCCCCCCCCCCCCCCCCCCC(=O)OC(COC(=O)CCCCCCCCCCCCCCC)COP(=O)(O)OCCN. The molecule has 10 heteroatoms. The lowest BCUT2D eigenvalue weighted by atomic mass is 10.0. The van der Waals surface area contributed by atoms with Crippen LogP contribution in [0.1, 0.15) is 296 Å². The molecule has 0 bridgehead atoms. The summed E-state index contributed by atoms with van der Waals surface area (Å²) in [4.78, 5) is 35.1. The molecule has 0 spiro atoms. The van der Waals surface area contributed by atoms with Crippen molar-refractivity contribution in [2.75, 3.05) is 26.4 Å². The van der Waals surface area contributed by atoms with E-state index in [1.54, 1.807) is 0 Å². The number of phosphoric ester groups is 1. The molecule has 9 nitrogen and oxygen atoms in total. The molecule has 0 fully saturated rings. The van der Waals surface area contributed by atoms with Crippen molar-refractivity contribution in [3.8, 4) is 0 Å². The van der Waals surface area contributed by atoms with Gasteiger partial charge >= 0.3 is 19.8 Å². The van der Waals surface area contributed by atoms with Gasteiger partial charge in [-0.3, -0.25) is 18.6 Å². The fourth-order valence-corrected chi connectivity index (χ4v) is 9.57. The van der Waals surface area contributed by atoms with Crippen molar-refractivity contribution < 1.29 is 37.6 Å². The predicted octanol–water partition coefficient (Wildman–Crippen LogP) is 19.0. The van der Waals surface area contributed by atoms with Crippen LogP contribution >= 0.6 is 7.82 Å². The Morgan fingerprint density at radius 3 is 1.15 bits per heavy atom. The van der Waals surface area contributed by atoms with Gasteiger partial charge in [-0.25, -0.2) is 4.57 Å². The maximum atomic E-state index is 12.7. The summed E-state index contributed by atoms with van der Waals surface area (Å²) in [7, 11) is -4.38. The number of allylic oxidation sites excluding steroid dienone is 8. The first kappa shape index (κ1) is 69.0. The normalized spacial score (nSPS) is 13.4. The molecule has 416 valence electrons. The number of carbonyl (C=O) groups excluding carboxylic acids is 2. The minimum atomic E-state index is -4.38. The highest BCUT2D eigenvalue weighted by Gasteiger charge is 2.26. The Labute approximate surface area is 438 Å². The van der Waals surface area contributed by atoms with Crippen molar-refractivity contribution in [3.05, 3.63) is 48.6 Å². The monoisotopic (exact) mass is 1020 g/mol. The summed E-state index contributed by atoms with van der Waals surface area (Å²) < 4.78 is 33.0. The van der Waals surface area contributed by atoms with Gasteiger partial charge in [-0.05, 0) is 51.4 Å². The lowest BCUT2D eigenvalue weighted by Crippen LogP contribution is -2.29. The fourth-order valence-electron chi connectivity index (χ4n) is 8.81. The summed E-state index contributed by atoms with van der Waals surface area (Å²) in [5, 5.41) is 0. The summed E-state index contributed by atoms with van der Waals surface area (Å²) in [5.41, 5.74) is 5.38. The molecule has 0 aliphatic carbocycles. The van der Waals surface area contributed by atoms with E-state index in [-0.39, 0.29) is 38.6 Å². The third-order valence-corrected chi connectivity index (χ3v) is 14.2. The van der Waals surface area contributed by atoms with E-state index < -0.39 is 26.5 Å². The highest BCUT2D eigenvalue weighted by Crippen LogP contribution is 2.43. The summed E-state index contributed by atoms with van der Waals surface area (Å²) in [6, 6.07) is 0. The third kappa shape index (κ3) is 57.1. The number of phosphoric acid groups is 1. The van der Waals surface area contributed by atoms with Crippen molar-refractivity contribution in [2.45, 2.75) is 302 Å². The zero-order valence-corrected chi connectivity index (χ0v) is 47.4. The number of hydrogen-bond acceptors (Lipinski definition) is 8. The highest BCUT2D eigenvalue weighted by atomic mass is 31.2. The number of unbranched alkanes of at least 4 members (excludes halogenated alkanes) is 36. The molecule has 71 heavy (non-hydrogen) atoms. The number of esters is 2. The standard InChI is InChI=1S/C61H114NO8P/c1-3-5-7-9-11-13-15-17-18-19-20-21-22-23-24-25-26-27-28-29-30-31-32-33-34-35-36-37-38-39-40-42-44-46-48-50-52-54-61(64)70-59(58-69-71(65,66)68-56-55-62)57-67-60(63)53-51-49-47-45-43-41-16-14-12-10-8-6-4-2/h5,7,11,13,17-18,20-21,59H,3-4,6,8-10,12,14-16,19,22-58,62H2,1-2H3,(H,65,66)/b7-5-,13-11-,18-17-,21-20-. The molecule has 0 saturated carbocycles. The smallest absolute Gasteiger partial charge is 0.462 e. The molecule has 0 aromatic heterocycles. The van der Waals surface area contributed by atoms with E-state index in [2.05, 4.69) is 62.5 Å². The fraction of sp³-hybridized carbons (Fsp3) is 0.836. The second-order valence-electron chi connectivity index (χ2n) is 20.2. The Balaban J connectivity index is 3.76. The third-order valence-electron chi connectivity index (χ3n) is 13.2. The molecule has 0 amide bonds. The summed E-state index contributed by atoms with van der Waals surface area (Å²) in [5.74, 6) is -0.812. The molecule has 0 radical (unpaired) electrons. The minimum Gasteiger partial charge on any atom is -0.462 e. The van der Waals surface area contributed by atoms with Crippen LogP contribution in [0.25, 0.3) is 0 Å². The van der Waals surface area contributed by atoms with Crippen LogP contribution in [-0.2, 0) is 32.7 Å². The van der Waals surface area contributed by atoms with Gasteiger partial charge in [0, 0.05) is 19.4 Å². The van der Waals surface area contributed by atoms with Crippen molar-refractivity contribution in [3.63, 3.8) is 0 Å². The van der Waals surface area contributed by atoms with Crippen LogP contribution < -0.4 is 5.73 Å². The Hall–Kier alpha value is -2.03. The zero-order chi connectivity index (χ0) is 51.7.